The molecule has 116 valence electrons. The predicted molar refractivity (Wildman–Crippen MR) is 89.4 cm³/mol. The summed E-state index contributed by atoms with van der Waals surface area (Å²) < 4.78 is 0. The van der Waals surface area contributed by atoms with Crippen molar-refractivity contribution in [2.45, 2.75) is 87.5 Å². The zero-order chi connectivity index (χ0) is 15.0. The van der Waals surface area contributed by atoms with E-state index >= 15 is 0 Å². The van der Waals surface area contributed by atoms with Crippen LogP contribution in [0.2, 0.25) is 0 Å². The predicted octanol–water partition coefficient (Wildman–Crippen LogP) is 6.79. The van der Waals surface area contributed by atoms with E-state index in [1.54, 1.807) is 0 Å². The first-order chi connectivity index (χ1) is 8.73. The summed E-state index contributed by atoms with van der Waals surface area (Å²) in [7, 11) is 0. The smallest absolute Gasteiger partial charge is 0.0362 e. The van der Waals surface area contributed by atoms with Crippen molar-refractivity contribution in [1.29, 1.82) is 0 Å². The molecule has 0 saturated heterocycles. The Balaban J connectivity index is 4.60. The maximum absolute atomic E-state index is 2.44. The van der Waals surface area contributed by atoms with E-state index in [1.807, 2.05) is 0 Å². The van der Waals surface area contributed by atoms with E-state index in [9.17, 15) is 0 Å². The SMILES string of the molecule is CC(C)CCC(CC(C)C)C(CCC(C)C)C(C)C. The van der Waals surface area contributed by atoms with Gasteiger partial charge in [0.2, 0.25) is 0 Å². The van der Waals surface area contributed by atoms with Crippen molar-refractivity contribution in [2.75, 3.05) is 0 Å². The second-order valence-electron chi connectivity index (χ2n) is 8.24. The van der Waals surface area contributed by atoms with Gasteiger partial charge in [-0.05, 0) is 54.8 Å². The lowest BCUT2D eigenvalue weighted by molar-refractivity contribution is 0.178. The molecule has 0 spiro atoms. The second kappa shape index (κ2) is 9.83. The maximum atomic E-state index is 2.44. The van der Waals surface area contributed by atoms with Crippen LogP contribution in [-0.2, 0) is 0 Å². The molecule has 0 aliphatic rings. The van der Waals surface area contributed by atoms with Crippen molar-refractivity contribution >= 4 is 0 Å². The molecule has 0 heterocycles. The highest BCUT2D eigenvalue weighted by Crippen LogP contribution is 2.35. The van der Waals surface area contributed by atoms with Gasteiger partial charge < -0.3 is 0 Å². The number of rotatable bonds is 10. The zero-order valence-electron chi connectivity index (χ0n) is 15.0. The van der Waals surface area contributed by atoms with E-state index in [0.29, 0.717) is 0 Å². The Kier molecular flexibility index (Phi) is 9.83. The van der Waals surface area contributed by atoms with Crippen molar-refractivity contribution in [3.63, 3.8) is 0 Å². The fraction of sp³-hybridized carbons (Fsp3) is 1.00. The topological polar surface area (TPSA) is 0 Å². The molecule has 0 nitrogen and oxygen atoms in total. The summed E-state index contributed by atoms with van der Waals surface area (Å²) in [6.07, 6.45) is 7.11. The van der Waals surface area contributed by atoms with Crippen LogP contribution in [0.1, 0.15) is 87.5 Å². The van der Waals surface area contributed by atoms with Gasteiger partial charge in [-0.1, -0.05) is 68.2 Å². The number of hydrogen-bond donors (Lipinski definition) is 0. The molecule has 0 aromatic heterocycles. The molecule has 0 aliphatic heterocycles. The Morgan fingerprint density at radius 2 is 1.00 bits per heavy atom. The summed E-state index contributed by atoms with van der Waals surface area (Å²) in [5.74, 6) is 5.27. The van der Waals surface area contributed by atoms with Crippen LogP contribution >= 0.6 is 0 Å². The molecule has 2 atom stereocenters. The molecule has 0 rings (SSSR count). The molecular formula is C19H40. The molecule has 0 amide bonds. The molecule has 0 saturated carbocycles. The molecule has 0 radical (unpaired) electrons. The van der Waals surface area contributed by atoms with Crippen molar-refractivity contribution in [3.05, 3.63) is 0 Å². The van der Waals surface area contributed by atoms with Crippen LogP contribution < -0.4 is 0 Å². The van der Waals surface area contributed by atoms with Crippen molar-refractivity contribution in [2.24, 2.45) is 35.5 Å². The largest absolute Gasteiger partial charge is 0.0628 e. The molecule has 19 heavy (non-hydrogen) atoms. The molecule has 2 unspecified atom stereocenters. The Hall–Kier alpha value is 0. The Bertz CT molecular complexity index is 200. The average Bonchev–Trinajstić information content (AvgIpc) is 2.23. The molecule has 0 heteroatoms. The molecule has 0 aromatic carbocycles. The van der Waals surface area contributed by atoms with Gasteiger partial charge in [0.1, 0.15) is 0 Å². The summed E-state index contributed by atoms with van der Waals surface area (Å²) in [6, 6.07) is 0. The summed E-state index contributed by atoms with van der Waals surface area (Å²) >= 11 is 0. The fourth-order valence-corrected chi connectivity index (χ4v) is 3.30. The summed E-state index contributed by atoms with van der Waals surface area (Å²) in [5.41, 5.74) is 0. The third-order valence-corrected chi connectivity index (χ3v) is 4.43. The van der Waals surface area contributed by atoms with E-state index in [0.717, 1.165) is 35.5 Å². The van der Waals surface area contributed by atoms with E-state index in [4.69, 9.17) is 0 Å². The van der Waals surface area contributed by atoms with Gasteiger partial charge in [0.25, 0.3) is 0 Å². The van der Waals surface area contributed by atoms with Crippen molar-refractivity contribution < 1.29 is 0 Å². The molecule has 0 fully saturated rings. The van der Waals surface area contributed by atoms with E-state index in [-0.39, 0.29) is 0 Å². The van der Waals surface area contributed by atoms with Gasteiger partial charge >= 0.3 is 0 Å². The monoisotopic (exact) mass is 268 g/mol. The first kappa shape index (κ1) is 19.0. The number of hydrogen-bond acceptors (Lipinski definition) is 0. The molecule has 0 aromatic rings. The summed E-state index contributed by atoms with van der Waals surface area (Å²) in [6.45, 7) is 19.1. The van der Waals surface area contributed by atoms with Gasteiger partial charge in [-0.2, -0.15) is 0 Å². The highest BCUT2D eigenvalue weighted by Gasteiger charge is 2.25. The third kappa shape index (κ3) is 9.52. The highest BCUT2D eigenvalue weighted by atomic mass is 14.3. The van der Waals surface area contributed by atoms with Crippen LogP contribution in [0.5, 0.6) is 0 Å². The lowest BCUT2D eigenvalue weighted by Crippen LogP contribution is -2.23. The Morgan fingerprint density at radius 3 is 1.37 bits per heavy atom. The fourth-order valence-electron chi connectivity index (χ4n) is 3.30. The summed E-state index contributed by atoms with van der Waals surface area (Å²) in [5, 5.41) is 0. The van der Waals surface area contributed by atoms with Gasteiger partial charge in [-0.15, -0.1) is 0 Å². The molecule has 0 N–H and O–H groups in total. The first-order valence-electron chi connectivity index (χ1n) is 8.73. The normalized spacial score (nSPS) is 15.8. The quantitative estimate of drug-likeness (QED) is 0.409. The minimum absolute atomic E-state index is 0.842. The Labute approximate surface area is 123 Å². The van der Waals surface area contributed by atoms with Gasteiger partial charge in [0.15, 0.2) is 0 Å². The van der Waals surface area contributed by atoms with Gasteiger partial charge in [-0.25, -0.2) is 0 Å². The minimum atomic E-state index is 0.842. The highest BCUT2D eigenvalue weighted by molar-refractivity contribution is 4.75. The maximum Gasteiger partial charge on any atom is -0.0362 e. The molecule has 0 aliphatic carbocycles. The molecular weight excluding hydrogens is 228 g/mol. The van der Waals surface area contributed by atoms with Gasteiger partial charge in [0.05, 0.1) is 0 Å². The van der Waals surface area contributed by atoms with Crippen LogP contribution in [0, 0.1) is 35.5 Å². The van der Waals surface area contributed by atoms with E-state index in [1.165, 1.54) is 32.1 Å². The third-order valence-electron chi connectivity index (χ3n) is 4.43. The van der Waals surface area contributed by atoms with Gasteiger partial charge in [0, 0.05) is 0 Å². The van der Waals surface area contributed by atoms with Crippen LogP contribution in [0.15, 0.2) is 0 Å². The van der Waals surface area contributed by atoms with Crippen molar-refractivity contribution in [1.82, 2.24) is 0 Å². The lowest BCUT2D eigenvalue weighted by Gasteiger charge is -2.33. The van der Waals surface area contributed by atoms with Gasteiger partial charge in [-0.3, -0.25) is 0 Å². The van der Waals surface area contributed by atoms with E-state index in [2.05, 4.69) is 55.4 Å². The first-order valence-corrected chi connectivity index (χ1v) is 8.73. The minimum Gasteiger partial charge on any atom is -0.0628 e. The van der Waals surface area contributed by atoms with Crippen LogP contribution in [-0.4, -0.2) is 0 Å². The second-order valence-corrected chi connectivity index (χ2v) is 8.24. The average molecular weight is 269 g/mol. The summed E-state index contributed by atoms with van der Waals surface area (Å²) in [4.78, 5) is 0. The van der Waals surface area contributed by atoms with Crippen molar-refractivity contribution in [3.8, 4) is 0 Å². The zero-order valence-corrected chi connectivity index (χ0v) is 15.0. The van der Waals surface area contributed by atoms with Crippen LogP contribution in [0.3, 0.4) is 0 Å². The standard InChI is InChI=1S/C19H40/c1-14(2)9-11-18(13-16(5)6)19(17(7)8)12-10-15(3)4/h14-19H,9-13H2,1-8H3. The Morgan fingerprint density at radius 1 is 0.526 bits per heavy atom. The van der Waals surface area contributed by atoms with Crippen LogP contribution in [0.4, 0.5) is 0 Å². The molecule has 0 bridgehead atoms. The van der Waals surface area contributed by atoms with Crippen LogP contribution in [0.25, 0.3) is 0 Å². The van der Waals surface area contributed by atoms with E-state index < -0.39 is 0 Å². The lowest BCUT2D eigenvalue weighted by atomic mass is 9.73.